The molecule has 0 atom stereocenters. The lowest BCUT2D eigenvalue weighted by Crippen LogP contribution is -2.42. The quantitative estimate of drug-likeness (QED) is 0.861. The molecule has 2 N–H and O–H groups in total. The number of piperazine rings is 1. The van der Waals surface area contributed by atoms with Gasteiger partial charge in [-0.1, -0.05) is 0 Å². The molecule has 2 heterocycles. The van der Waals surface area contributed by atoms with E-state index in [-0.39, 0.29) is 12.5 Å². The average molecular weight is 315 g/mol. The first kappa shape index (κ1) is 12.1. The van der Waals surface area contributed by atoms with E-state index in [9.17, 15) is 5.11 Å². The average Bonchev–Trinajstić information content (AvgIpc) is 2.85. The van der Waals surface area contributed by atoms with Crippen LogP contribution in [-0.2, 0) is 6.54 Å². The fraction of sp³-hybridized carbons (Fsp3) is 0.500. The maximum Gasteiger partial charge on any atom is 0.231 e. The van der Waals surface area contributed by atoms with Gasteiger partial charge in [0.2, 0.25) is 6.79 Å². The molecule has 2 aliphatic rings. The van der Waals surface area contributed by atoms with Gasteiger partial charge in [0.1, 0.15) is 10.2 Å². The molecule has 0 saturated carbocycles. The predicted molar refractivity (Wildman–Crippen MR) is 70.1 cm³/mol. The van der Waals surface area contributed by atoms with Crippen LogP contribution in [0.1, 0.15) is 5.56 Å². The van der Waals surface area contributed by atoms with Gasteiger partial charge in [-0.05, 0) is 22.0 Å². The molecule has 1 aromatic rings. The van der Waals surface area contributed by atoms with E-state index >= 15 is 0 Å². The molecule has 2 aliphatic heterocycles. The Hall–Kier alpha value is -0.980. The number of nitrogens with zero attached hydrogens (tertiary/aromatic N) is 1. The van der Waals surface area contributed by atoms with Crippen molar-refractivity contribution in [1.29, 1.82) is 0 Å². The molecule has 0 aliphatic carbocycles. The van der Waals surface area contributed by atoms with E-state index in [4.69, 9.17) is 9.47 Å². The topological polar surface area (TPSA) is 54.0 Å². The summed E-state index contributed by atoms with van der Waals surface area (Å²) < 4.78 is 11.3. The first-order chi connectivity index (χ1) is 8.75. The van der Waals surface area contributed by atoms with Gasteiger partial charge in [-0.15, -0.1) is 0 Å². The Balaban J connectivity index is 1.85. The van der Waals surface area contributed by atoms with Crippen molar-refractivity contribution in [1.82, 2.24) is 10.2 Å². The van der Waals surface area contributed by atoms with Crippen LogP contribution in [0.15, 0.2) is 10.5 Å². The van der Waals surface area contributed by atoms with E-state index in [0.29, 0.717) is 16.0 Å². The lowest BCUT2D eigenvalue weighted by Gasteiger charge is -2.27. The van der Waals surface area contributed by atoms with Crippen LogP contribution in [0.3, 0.4) is 0 Å². The van der Waals surface area contributed by atoms with Gasteiger partial charge in [-0.3, -0.25) is 4.90 Å². The minimum Gasteiger partial charge on any atom is -0.506 e. The molecule has 5 nitrogen and oxygen atoms in total. The Morgan fingerprint density at radius 2 is 2.11 bits per heavy atom. The van der Waals surface area contributed by atoms with Gasteiger partial charge < -0.3 is 19.9 Å². The Kier molecular flexibility index (Phi) is 3.32. The minimum absolute atomic E-state index is 0.213. The highest BCUT2D eigenvalue weighted by Crippen LogP contribution is 2.46. The SMILES string of the molecule is Oc1c(CN2CCNCC2)cc2c(c1Br)OCO2. The largest absolute Gasteiger partial charge is 0.506 e. The molecule has 0 radical (unpaired) electrons. The number of hydrogen-bond acceptors (Lipinski definition) is 5. The lowest BCUT2D eigenvalue weighted by molar-refractivity contribution is 0.173. The van der Waals surface area contributed by atoms with Crippen molar-refractivity contribution < 1.29 is 14.6 Å². The summed E-state index contributed by atoms with van der Waals surface area (Å²) in [6, 6.07) is 1.87. The van der Waals surface area contributed by atoms with E-state index < -0.39 is 0 Å². The second-order valence-corrected chi connectivity index (χ2v) is 5.25. The van der Waals surface area contributed by atoms with Crippen molar-refractivity contribution in [3.8, 4) is 17.2 Å². The number of phenols is 1. The first-order valence-electron chi connectivity index (χ1n) is 5.98. The number of phenolic OH excluding ortho intramolecular Hbond substituents is 1. The highest BCUT2D eigenvalue weighted by Gasteiger charge is 2.23. The smallest absolute Gasteiger partial charge is 0.231 e. The van der Waals surface area contributed by atoms with Crippen molar-refractivity contribution in [2.24, 2.45) is 0 Å². The number of fused-ring (bicyclic) bond motifs is 1. The summed E-state index contributed by atoms with van der Waals surface area (Å²) in [7, 11) is 0. The zero-order valence-corrected chi connectivity index (χ0v) is 11.5. The van der Waals surface area contributed by atoms with Crippen molar-refractivity contribution in [2.75, 3.05) is 33.0 Å². The van der Waals surface area contributed by atoms with Gasteiger partial charge in [0, 0.05) is 38.3 Å². The molecular weight excluding hydrogens is 300 g/mol. The summed E-state index contributed by atoms with van der Waals surface area (Å²) in [5.74, 6) is 1.54. The highest BCUT2D eigenvalue weighted by molar-refractivity contribution is 9.10. The molecule has 1 fully saturated rings. The van der Waals surface area contributed by atoms with Gasteiger partial charge in [0.15, 0.2) is 11.5 Å². The number of nitrogens with one attached hydrogen (secondary N) is 1. The molecule has 0 bridgehead atoms. The van der Waals surface area contributed by atoms with Crippen LogP contribution < -0.4 is 14.8 Å². The van der Waals surface area contributed by atoms with Crippen LogP contribution in [0.5, 0.6) is 17.2 Å². The number of ether oxygens (including phenoxy) is 2. The van der Waals surface area contributed by atoms with E-state index in [2.05, 4.69) is 26.1 Å². The molecular formula is C12H15BrN2O3. The Labute approximate surface area is 114 Å². The molecule has 98 valence electrons. The van der Waals surface area contributed by atoms with Crippen LogP contribution in [0.4, 0.5) is 0 Å². The normalized spacial score (nSPS) is 19.2. The van der Waals surface area contributed by atoms with Crippen molar-refractivity contribution in [2.45, 2.75) is 6.54 Å². The molecule has 6 heteroatoms. The molecule has 0 unspecified atom stereocenters. The van der Waals surface area contributed by atoms with Crippen LogP contribution in [0.25, 0.3) is 0 Å². The molecule has 0 spiro atoms. The van der Waals surface area contributed by atoms with Crippen LogP contribution in [-0.4, -0.2) is 43.0 Å². The van der Waals surface area contributed by atoms with Crippen molar-refractivity contribution >= 4 is 15.9 Å². The van der Waals surface area contributed by atoms with Gasteiger partial charge in [-0.25, -0.2) is 0 Å². The molecule has 18 heavy (non-hydrogen) atoms. The summed E-state index contributed by atoms with van der Waals surface area (Å²) >= 11 is 3.36. The molecule has 1 aromatic carbocycles. The monoisotopic (exact) mass is 314 g/mol. The fourth-order valence-electron chi connectivity index (χ4n) is 2.27. The molecule has 0 aromatic heterocycles. The van der Waals surface area contributed by atoms with Crippen LogP contribution >= 0.6 is 15.9 Å². The fourth-order valence-corrected chi connectivity index (χ4v) is 2.84. The third-order valence-electron chi connectivity index (χ3n) is 3.26. The van der Waals surface area contributed by atoms with Gasteiger partial charge in [0.05, 0.1) is 0 Å². The third-order valence-corrected chi connectivity index (χ3v) is 4.00. The third kappa shape index (κ3) is 2.15. The number of hydrogen-bond donors (Lipinski definition) is 2. The number of rotatable bonds is 2. The molecule has 0 amide bonds. The van der Waals surface area contributed by atoms with Gasteiger partial charge >= 0.3 is 0 Å². The van der Waals surface area contributed by atoms with E-state index in [1.54, 1.807) is 0 Å². The van der Waals surface area contributed by atoms with E-state index in [1.807, 2.05) is 6.07 Å². The maximum absolute atomic E-state index is 10.2. The van der Waals surface area contributed by atoms with E-state index in [1.165, 1.54) is 0 Å². The predicted octanol–water partition coefficient (Wildman–Crippen LogP) is 1.29. The summed E-state index contributed by atoms with van der Waals surface area (Å²) in [5.41, 5.74) is 0.869. The first-order valence-corrected chi connectivity index (χ1v) is 6.78. The maximum atomic E-state index is 10.2. The Bertz CT molecular complexity index is 461. The van der Waals surface area contributed by atoms with Gasteiger partial charge in [0.25, 0.3) is 0 Å². The Morgan fingerprint density at radius 1 is 1.33 bits per heavy atom. The summed E-state index contributed by atoms with van der Waals surface area (Å²) in [4.78, 5) is 2.31. The second kappa shape index (κ2) is 4.95. The van der Waals surface area contributed by atoms with Crippen molar-refractivity contribution in [3.63, 3.8) is 0 Å². The minimum atomic E-state index is 0.213. The number of halogens is 1. The Morgan fingerprint density at radius 3 is 2.89 bits per heavy atom. The standard InChI is InChI=1S/C12H15BrN2O3/c13-10-11(16)8(5-9-12(10)18-7-17-9)6-15-3-1-14-2-4-15/h5,14,16H,1-4,6-7H2. The van der Waals surface area contributed by atoms with Gasteiger partial charge in [-0.2, -0.15) is 0 Å². The van der Waals surface area contributed by atoms with Crippen LogP contribution in [0.2, 0.25) is 0 Å². The van der Waals surface area contributed by atoms with E-state index in [0.717, 1.165) is 38.3 Å². The van der Waals surface area contributed by atoms with Crippen LogP contribution in [0, 0.1) is 0 Å². The molecule has 1 saturated heterocycles. The molecule has 3 rings (SSSR count). The van der Waals surface area contributed by atoms with Crippen molar-refractivity contribution in [3.05, 3.63) is 16.1 Å². The number of benzene rings is 1. The zero-order chi connectivity index (χ0) is 12.5. The second-order valence-electron chi connectivity index (χ2n) is 4.46. The zero-order valence-electron chi connectivity index (χ0n) is 9.91. The number of aromatic hydroxyl groups is 1. The summed E-state index contributed by atoms with van der Waals surface area (Å²) in [5, 5.41) is 13.5. The summed E-state index contributed by atoms with van der Waals surface area (Å²) in [6.07, 6.45) is 0. The lowest BCUT2D eigenvalue weighted by atomic mass is 10.1. The summed E-state index contributed by atoms with van der Waals surface area (Å²) in [6.45, 7) is 4.91. The highest BCUT2D eigenvalue weighted by atomic mass is 79.9.